The van der Waals surface area contributed by atoms with Gasteiger partial charge in [0.2, 0.25) is 0 Å². The van der Waals surface area contributed by atoms with Crippen molar-refractivity contribution in [1.82, 2.24) is 9.97 Å². The van der Waals surface area contributed by atoms with Crippen LogP contribution in [0.15, 0.2) is 84.9 Å². The molecule has 1 fully saturated rings. The molecule has 0 radical (unpaired) electrons. The van der Waals surface area contributed by atoms with Gasteiger partial charge in [0.15, 0.2) is 17.2 Å². The van der Waals surface area contributed by atoms with Crippen LogP contribution in [-0.2, 0) is 17.8 Å². The van der Waals surface area contributed by atoms with Crippen molar-refractivity contribution >= 4 is 11.8 Å². The third-order valence-electron chi connectivity index (χ3n) is 7.90. The molecule has 0 saturated heterocycles. The quantitative estimate of drug-likeness (QED) is 0.148. The molecular weight excluding hydrogens is 536 g/mol. The van der Waals surface area contributed by atoms with Gasteiger partial charge in [0.1, 0.15) is 18.0 Å². The van der Waals surface area contributed by atoms with Gasteiger partial charge in [0.05, 0.1) is 5.69 Å². The third-order valence-corrected chi connectivity index (χ3v) is 7.90. The molecule has 0 aliphatic heterocycles. The van der Waals surface area contributed by atoms with Crippen LogP contribution >= 0.6 is 0 Å². The largest absolute Gasteiger partial charge is 0.484 e. The Kier molecular flexibility index (Phi) is 9.34. The van der Waals surface area contributed by atoms with Crippen molar-refractivity contribution in [3.05, 3.63) is 124 Å². The summed E-state index contributed by atoms with van der Waals surface area (Å²) in [5.41, 5.74) is 3.87. The standard InChI is InChI=1S/C37H40N2O4/c1-25-35(42-24-27-11-7-5-8-12-27)33(36(41)43-37(2,3)4)39-32(38-25)23-26-15-17-28(18-16-26)29-19-21-31(22-20-29)34(40)30-13-9-6-10-14-30/h5-14,19-22,26,28H,15-18,23-24H2,1-4H3. The summed E-state index contributed by atoms with van der Waals surface area (Å²) >= 11 is 0. The van der Waals surface area contributed by atoms with Gasteiger partial charge in [-0.1, -0.05) is 84.9 Å². The zero-order valence-corrected chi connectivity index (χ0v) is 25.5. The Labute approximate surface area is 254 Å². The van der Waals surface area contributed by atoms with Crippen molar-refractivity contribution in [3.63, 3.8) is 0 Å². The van der Waals surface area contributed by atoms with Crippen LogP contribution in [0.3, 0.4) is 0 Å². The highest BCUT2D eigenvalue weighted by Gasteiger charge is 2.28. The molecule has 6 heteroatoms. The van der Waals surface area contributed by atoms with Crippen LogP contribution in [0, 0.1) is 12.8 Å². The molecule has 0 atom stereocenters. The zero-order valence-electron chi connectivity index (χ0n) is 25.5. The van der Waals surface area contributed by atoms with Gasteiger partial charge in [-0.2, -0.15) is 0 Å². The lowest BCUT2D eigenvalue weighted by atomic mass is 9.77. The minimum atomic E-state index is -0.655. The highest BCUT2D eigenvalue weighted by Crippen LogP contribution is 2.37. The van der Waals surface area contributed by atoms with Gasteiger partial charge in [-0.3, -0.25) is 4.79 Å². The molecule has 3 aromatic carbocycles. The normalized spacial score (nSPS) is 16.8. The first kappa shape index (κ1) is 30.1. The number of hydrogen-bond donors (Lipinski definition) is 0. The average molecular weight is 577 g/mol. The van der Waals surface area contributed by atoms with E-state index >= 15 is 0 Å². The molecule has 1 saturated carbocycles. The van der Waals surface area contributed by atoms with Crippen molar-refractivity contribution in [2.75, 3.05) is 0 Å². The Morgan fingerprint density at radius 2 is 1.40 bits per heavy atom. The molecule has 1 heterocycles. The van der Waals surface area contributed by atoms with Crippen LogP contribution < -0.4 is 4.74 Å². The molecule has 5 rings (SSSR count). The monoisotopic (exact) mass is 576 g/mol. The van der Waals surface area contributed by atoms with Crippen molar-refractivity contribution in [2.24, 2.45) is 5.92 Å². The van der Waals surface area contributed by atoms with Gasteiger partial charge >= 0.3 is 5.97 Å². The van der Waals surface area contributed by atoms with Crippen LogP contribution in [0.5, 0.6) is 5.75 Å². The van der Waals surface area contributed by atoms with E-state index in [2.05, 4.69) is 12.1 Å². The molecule has 1 aliphatic rings. The Hall–Kier alpha value is -4.32. The molecule has 43 heavy (non-hydrogen) atoms. The van der Waals surface area contributed by atoms with E-state index in [1.165, 1.54) is 5.56 Å². The maximum Gasteiger partial charge on any atom is 0.361 e. The second kappa shape index (κ2) is 13.3. The first-order valence-electron chi connectivity index (χ1n) is 15.1. The zero-order chi connectivity index (χ0) is 30.4. The fourth-order valence-corrected chi connectivity index (χ4v) is 5.70. The van der Waals surface area contributed by atoms with Crippen LogP contribution in [0.25, 0.3) is 0 Å². The van der Waals surface area contributed by atoms with Gasteiger partial charge in [0.25, 0.3) is 0 Å². The van der Waals surface area contributed by atoms with Gasteiger partial charge in [-0.15, -0.1) is 0 Å². The molecule has 4 aromatic rings. The predicted molar refractivity (Wildman–Crippen MR) is 167 cm³/mol. The SMILES string of the molecule is Cc1nc(CC2CCC(c3ccc(C(=O)c4ccccc4)cc3)CC2)nc(C(=O)OC(C)(C)C)c1OCc1ccccc1. The van der Waals surface area contributed by atoms with Crippen molar-refractivity contribution in [2.45, 2.75) is 77.9 Å². The summed E-state index contributed by atoms with van der Waals surface area (Å²) in [7, 11) is 0. The van der Waals surface area contributed by atoms with Gasteiger partial charge in [-0.25, -0.2) is 14.8 Å². The average Bonchev–Trinajstić information content (AvgIpc) is 3.00. The molecule has 0 N–H and O–H groups in total. The molecular formula is C37H40N2O4. The van der Waals surface area contributed by atoms with E-state index in [1.54, 1.807) is 0 Å². The van der Waals surface area contributed by atoms with E-state index in [1.807, 2.05) is 100 Å². The number of aryl methyl sites for hydroxylation is 1. The van der Waals surface area contributed by atoms with Gasteiger partial charge < -0.3 is 9.47 Å². The summed E-state index contributed by atoms with van der Waals surface area (Å²) < 4.78 is 11.8. The van der Waals surface area contributed by atoms with E-state index in [0.29, 0.717) is 53.3 Å². The molecule has 6 nitrogen and oxygen atoms in total. The summed E-state index contributed by atoms with van der Waals surface area (Å²) in [5.74, 6) is 1.47. The molecule has 1 aromatic heterocycles. The number of carbonyl (C=O) groups is 2. The summed E-state index contributed by atoms with van der Waals surface area (Å²) in [4.78, 5) is 35.5. The maximum atomic E-state index is 13.2. The Balaban J connectivity index is 1.24. The highest BCUT2D eigenvalue weighted by atomic mass is 16.6. The minimum absolute atomic E-state index is 0.0494. The van der Waals surface area contributed by atoms with Gasteiger partial charge in [-0.05, 0) is 76.3 Å². The van der Waals surface area contributed by atoms with Gasteiger partial charge in [0, 0.05) is 17.5 Å². The van der Waals surface area contributed by atoms with Crippen molar-refractivity contribution in [3.8, 4) is 5.75 Å². The highest BCUT2D eigenvalue weighted by molar-refractivity contribution is 6.08. The second-order valence-corrected chi connectivity index (χ2v) is 12.4. The van der Waals surface area contributed by atoms with E-state index in [9.17, 15) is 9.59 Å². The molecule has 222 valence electrons. The minimum Gasteiger partial charge on any atom is -0.484 e. The van der Waals surface area contributed by atoms with Crippen LogP contribution in [-0.4, -0.2) is 27.3 Å². The Bertz CT molecular complexity index is 1540. The first-order valence-corrected chi connectivity index (χ1v) is 15.1. The molecule has 0 bridgehead atoms. The summed E-state index contributed by atoms with van der Waals surface area (Å²) in [6.45, 7) is 7.71. The maximum absolute atomic E-state index is 13.2. The van der Waals surface area contributed by atoms with Crippen molar-refractivity contribution < 1.29 is 19.1 Å². The fourth-order valence-electron chi connectivity index (χ4n) is 5.70. The number of carbonyl (C=O) groups excluding carboxylic acids is 2. The summed E-state index contributed by atoms with van der Waals surface area (Å²) in [6, 6.07) is 27.3. The van der Waals surface area contributed by atoms with Crippen LogP contribution in [0.2, 0.25) is 0 Å². The predicted octanol–water partition coefficient (Wildman–Crippen LogP) is 8.07. The lowest BCUT2D eigenvalue weighted by Gasteiger charge is -2.29. The van der Waals surface area contributed by atoms with E-state index in [0.717, 1.165) is 31.2 Å². The first-order chi connectivity index (χ1) is 20.7. The van der Waals surface area contributed by atoms with E-state index in [-0.39, 0.29) is 11.5 Å². The lowest BCUT2D eigenvalue weighted by molar-refractivity contribution is 0.00571. The number of aromatic nitrogens is 2. The number of ketones is 1. The third kappa shape index (κ3) is 7.95. The van der Waals surface area contributed by atoms with E-state index in [4.69, 9.17) is 19.4 Å². The number of nitrogens with zero attached hydrogens (tertiary/aromatic N) is 2. The molecule has 0 amide bonds. The number of hydrogen-bond acceptors (Lipinski definition) is 6. The molecule has 0 unspecified atom stereocenters. The number of rotatable bonds is 9. The molecule has 1 aliphatic carbocycles. The second-order valence-electron chi connectivity index (χ2n) is 12.4. The Morgan fingerprint density at radius 1 is 0.791 bits per heavy atom. The summed E-state index contributed by atoms with van der Waals surface area (Å²) in [6.07, 6.45) is 4.92. The van der Waals surface area contributed by atoms with Crippen molar-refractivity contribution in [1.29, 1.82) is 0 Å². The lowest BCUT2D eigenvalue weighted by Crippen LogP contribution is -2.26. The topological polar surface area (TPSA) is 78.4 Å². The smallest absolute Gasteiger partial charge is 0.361 e. The fraction of sp³-hybridized carbons (Fsp3) is 0.351. The van der Waals surface area contributed by atoms with E-state index < -0.39 is 11.6 Å². The molecule has 0 spiro atoms. The Morgan fingerprint density at radius 3 is 2.02 bits per heavy atom. The summed E-state index contributed by atoms with van der Waals surface area (Å²) in [5, 5.41) is 0. The number of esters is 1. The number of benzene rings is 3. The number of ether oxygens (including phenoxy) is 2. The van der Waals surface area contributed by atoms with Crippen LogP contribution in [0.1, 0.15) is 101 Å². The van der Waals surface area contributed by atoms with Crippen LogP contribution in [0.4, 0.5) is 0 Å².